The summed E-state index contributed by atoms with van der Waals surface area (Å²) in [5.41, 5.74) is 3.40. The van der Waals surface area contributed by atoms with E-state index in [0.29, 0.717) is 15.7 Å². The van der Waals surface area contributed by atoms with Gasteiger partial charge in [0.15, 0.2) is 5.13 Å². The molecule has 3 aromatic rings. The van der Waals surface area contributed by atoms with Crippen molar-refractivity contribution >= 4 is 51.4 Å². The minimum absolute atomic E-state index is 0.0567. The number of halogens is 1. The van der Waals surface area contributed by atoms with Crippen LogP contribution < -0.4 is 4.90 Å². The molecule has 0 N–H and O–H groups in total. The van der Waals surface area contributed by atoms with Crippen LogP contribution in [-0.2, 0) is 4.79 Å². The van der Waals surface area contributed by atoms with E-state index in [1.54, 1.807) is 4.90 Å². The van der Waals surface area contributed by atoms with Crippen LogP contribution in [0.2, 0.25) is 5.02 Å². The summed E-state index contributed by atoms with van der Waals surface area (Å²) in [6.07, 6.45) is 0. The number of nitrogens with zero attached hydrogens (tertiary/aromatic N) is 3. The monoisotopic (exact) mass is 431 g/mol. The second kappa shape index (κ2) is 7.54. The number of carbonyl (C=O) groups excluding carboxylic acids is 1. The molecule has 9 heteroatoms. The molecule has 2 aromatic carbocycles. The second-order valence-corrected chi connectivity index (χ2v) is 8.58. The number of amides is 1. The van der Waals surface area contributed by atoms with E-state index in [4.69, 9.17) is 11.6 Å². The molecule has 142 valence electrons. The minimum Gasteiger partial charge on any atom is -0.273 e. The lowest BCUT2D eigenvalue weighted by molar-refractivity contribution is -0.384. The van der Waals surface area contributed by atoms with Crippen molar-refractivity contribution < 1.29 is 9.72 Å². The third-order valence-electron chi connectivity index (χ3n) is 4.37. The number of carbonyl (C=O) groups is 1. The summed E-state index contributed by atoms with van der Waals surface area (Å²) in [5, 5.41) is 13.5. The molecule has 0 bridgehead atoms. The highest BCUT2D eigenvalue weighted by Gasteiger charge is 2.37. The number of aromatic nitrogens is 1. The zero-order valence-corrected chi connectivity index (χ0v) is 17.1. The van der Waals surface area contributed by atoms with Gasteiger partial charge in [0.1, 0.15) is 5.37 Å². The number of nitro groups is 1. The van der Waals surface area contributed by atoms with Gasteiger partial charge in [-0.3, -0.25) is 19.8 Å². The van der Waals surface area contributed by atoms with Crippen molar-refractivity contribution in [2.45, 2.75) is 12.3 Å². The van der Waals surface area contributed by atoms with Gasteiger partial charge in [-0.2, -0.15) is 0 Å². The normalized spacial score (nSPS) is 16.6. The molecular formula is C19H14ClN3O3S2. The molecule has 0 spiro atoms. The fourth-order valence-corrected chi connectivity index (χ4v) is 5.34. The van der Waals surface area contributed by atoms with Crippen molar-refractivity contribution in [3.63, 3.8) is 0 Å². The van der Waals surface area contributed by atoms with Crippen LogP contribution in [0, 0.1) is 17.0 Å². The smallest absolute Gasteiger partial charge is 0.269 e. The quantitative estimate of drug-likeness (QED) is 0.405. The van der Waals surface area contributed by atoms with Crippen LogP contribution >= 0.6 is 34.7 Å². The van der Waals surface area contributed by atoms with Crippen molar-refractivity contribution in [3.8, 4) is 11.3 Å². The summed E-state index contributed by atoms with van der Waals surface area (Å²) in [5.74, 6) is 0.172. The first kappa shape index (κ1) is 18.9. The first-order valence-electron chi connectivity index (χ1n) is 8.34. The molecule has 0 unspecified atom stereocenters. The topological polar surface area (TPSA) is 76.3 Å². The van der Waals surface area contributed by atoms with Crippen LogP contribution in [0.1, 0.15) is 16.5 Å². The average molecular weight is 432 g/mol. The lowest BCUT2D eigenvalue weighted by Crippen LogP contribution is -2.27. The summed E-state index contributed by atoms with van der Waals surface area (Å²) < 4.78 is 0. The Balaban J connectivity index is 1.71. The van der Waals surface area contributed by atoms with E-state index in [1.165, 1.54) is 41.3 Å². The predicted molar refractivity (Wildman–Crippen MR) is 113 cm³/mol. The number of thioether (sulfide) groups is 1. The van der Waals surface area contributed by atoms with Gasteiger partial charge in [-0.15, -0.1) is 23.1 Å². The highest BCUT2D eigenvalue weighted by Crippen LogP contribution is 2.46. The van der Waals surface area contributed by atoms with Gasteiger partial charge in [-0.05, 0) is 13.0 Å². The molecular weight excluding hydrogens is 418 g/mol. The van der Waals surface area contributed by atoms with E-state index in [-0.39, 0.29) is 17.3 Å². The Kier molecular flexibility index (Phi) is 5.09. The van der Waals surface area contributed by atoms with Gasteiger partial charge in [0.05, 0.1) is 16.4 Å². The highest BCUT2D eigenvalue weighted by atomic mass is 35.5. The van der Waals surface area contributed by atoms with Gasteiger partial charge in [-0.25, -0.2) is 4.98 Å². The van der Waals surface area contributed by atoms with Crippen molar-refractivity contribution in [2.24, 2.45) is 0 Å². The molecule has 28 heavy (non-hydrogen) atoms. The van der Waals surface area contributed by atoms with Crippen molar-refractivity contribution in [1.29, 1.82) is 0 Å². The SMILES string of the molecule is Cc1ccc(-c2csc(N3C(=O)CS[C@@H]3c3cc([N+](=O)[O-])ccc3Cl)n2)cc1. The Morgan fingerprint density at radius 2 is 2.00 bits per heavy atom. The summed E-state index contributed by atoms with van der Waals surface area (Å²) in [7, 11) is 0. The third kappa shape index (κ3) is 3.50. The van der Waals surface area contributed by atoms with Crippen LogP contribution in [0.15, 0.2) is 47.8 Å². The van der Waals surface area contributed by atoms with E-state index in [1.807, 2.05) is 36.6 Å². The number of thiazole rings is 1. The number of nitro benzene ring substituents is 1. The Bertz CT molecular complexity index is 1070. The highest BCUT2D eigenvalue weighted by molar-refractivity contribution is 8.00. The number of hydrogen-bond acceptors (Lipinski definition) is 6. The van der Waals surface area contributed by atoms with E-state index in [9.17, 15) is 14.9 Å². The van der Waals surface area contributed by atoms with E-state index >= 15 is 0 Å². The lowest BCUT2D eigenvalue weighted by atomic mass is 10.1. The summed E-state index contributed by atoms with van der Waals surface area (Å²) in [6, 6.07) is 12.3. The molecule has 1 fully saturated rings. The number of hydrogen-bond donors (Lipinski definition) is 0. The predicted octanol–water partition coefficient (Wildman–Crippen LogP) is 5.46. The Morgan fingerprint density at radius 1 is 1.25 bits per heavy atom. The number of aryl methyl sites for hydroxylation is 1. The number of non-ortho nitro benzene ring substituents is 1. The summed E-state index contributed by atoms with van der Waals surface area (Å²) >= 11 is 9.06. The maximum atomic E-state index is 12.6. The lowest BCUT2D eigenvalue weighted by Gasteiger charge is -2.22. The van der Waals surface area contributed by atoms with Gasteiger partial charge in [0.2, 0.25) is 5.91 Å². The van der Waals surface area contributed by atoms with E-state index in [0.717, 1.165) is 16.8 Å². The van der Waals surface area contributed by atoms with Crippen molar-refractivity contribution in [2.75, 3.05) is 10.7 Å². The molecule has 1 aromatic heterocycles. The van der Waals surface area contributed by atoms with Gasteiger partial charge in [0.25, 0.3) is 5.69 Å². The number of anilines is 1. The van der Waals surface area contributed by atoms with Crippen molar-refractivity contribution in [1.82, 2.24) is 4.98 Å². The maximum Gasteiger partial charge on any atom is 0.269 e. The number of rotatable bonds is 4. The molecule has 1 aliphatic rings. The van der Waals surface area contributed by atoms with E-state index in [2.05, 4.69) is 4.98 Å². The molecule has 0 saturated carbocycles. The first-order chi connectivity index (χ1) is 13.4. The first-order valence-corrected chi connectivity index (χ1v) is 10.6. The maximum absolute atomic E-state index is 12.6. The molecule has 0 aliphatic carbocycles. The fraction of sp³-hybridized carbons (Fsp3) is 0.158. The molecule has 2 heterocycles. The molecule has 0 radical (unpaired) electrons. The van der Waals surface area contributed by atoms with Gasteiger partial charge < -0.3 is 0 Å². The van der Waals surface area contributed by atoms with Crippen LogP contribution in [0.4, 0.5) is 10.8 Å². The Labute approximate surface area is 174 Å². The molecule has 4 rings (SSSR count). The van der Waals surface area contributed by atoms with Crippen molar-refractivity contribution in [3.05, 3.63) is 74.1 Å². The Morgan fingerprint density at radius 3 is 2.71 bits per heavy atom. The second-order valence-electron chi connectivity index (χ2n) is 6.27. The molecule has 1 atom stereocenters. The van der Waals surface area contributed by atoms with E-state index < -0.39 is 10.3 Å². The molecule has 1 aliphatic heterocycles. The average Bonchev–Trinajstić information content (AvgIpc) is 3.29. The van der Waals surface area contributed by atoms with Crippen LogP contribution in [0.3, 0.4) is 0 Å². The minimum atomic E-state index is -0.468. The largest absolute Gasteiger partial charge is 0.273 e. The standard InChI is InChI=1S/C19H14ClN3O3S2/c1-11-2-4-12(5-3-11)16-9-28-19(21-16)22-17(24)10-27-18(22)14-8-13(23(25)26)6-7-15(14)20/h2-9,18H,10H2,1H3/t18-/m1/s1. The van der Waals surface area contributed by atoms with Crippen LogP contribution in [0.5, 0.6) is 0 Å². The van der Waals surface area contributed by atoms with Gasteiger partial charge >= 0.3 is 0 Å². The Hall–Kier alpha value is -2.42. The molecule has 6 nitrogen and oxygen atoms in total. The summed E-state index contributed by atoms with van der Waals surface area (Å²) in [4.78, 5) is 29.5. The summed E-state index contributed by atoms with van der Waals surface area (Å²) in [6.45, 7) is 2.02. The van der Waals surface area contributed by atoms with Crippen LogP contribution in [-0.4, -0.2) is 21.6 Å². The van der Waals surface area contributed by atoms with Crippen LogP contribution in [0.25, 0.3) is 11.3 Å². The zero-order chi connectivity index (χ0) is 19.8. The zero-order valence-electron chi connectivity index (χ0n) is 14.7. The third-order valence-corrected chi connectivity index (χ3v) is 6.75. The molecule has 1 amide bonds. The fourth-order valence-electron chi connectivity index (χ4n) is 2.93. The van der Waals surface area contributed by atoms with Gasteiger partial charge in [0, 0.05) is 33.7 Å². The number of benzene rings is 2. The molecule has 1 saturated heterocycles. The van der Waals surface area contributed by atoms with Gasteiger partial charge in [-0.1, -0.05) is 41.4 Å².